The van der Waals surface area contributed by atoms with Crippen molar-refractivity contribution in [2.45, 2.75) is 26.1 Å². The van der Waals surface area contributed by atoms with E-state index >= 15 is 0 Å². The number of carboxylic acids is 1. The first-order valence-electron chi connectivity index (χ1n) is 7.27. The Morgan fingerprint density at radius 1 is 1.43 bits per heavy atom. The second kappa shape index (κ2) is 7.54. The second-order valence-electron chi connectivity index (χ2n) is 5.37. The highest BCUT2D eigenvalue weighted by Crippen LogP contribution is 2.22. The van der Waals surface area contributed by atoms with Crippen molar-refractivity contribution in [2.24, 2.45) is 5.92 Å². The van der Waals surface area contributed by atoms with Crippen LogP contribution >= 0.6 is 0 Å². The van der Waals surface area contributed by atoms with Crippen LogP contribution in [0.4, 0.5) is 0 Å². The van der Waals surface area contributed by atoms with Crippen molar-refractivity contribution in [3.63, 3.8) is 0 Å². The van der Waals surface area contributed by atoms with E-state index in [4.69, 9.17) is 9.47 Å². The van der Waals surface area contributed by atoms with E-state index < -0.39 is 11.9 Å². The minimum Gasteiger partial charge on any atom is -0.481 e. The number of methoxy groups -OCH3 is 1. The summed E-state index contributed by atoms with van der Waals surface area (Å²) in [5.41, 5.74) is 2.30. The monoisotopic (exact) mass is 293 g/mol. The summed E-state index contributed by atoms with van der Waals surface area (Å²) in [6.45, 7) is 4.96. The van der Waals surface area contributed by atoms with Gasteiger partial charge in [-0.3, -0.25) is 9.69 Å². The fourth-order valence-electron chi connectivity index (χ4n) is 2.82. The van der Waals surface area contributed by atoms with Crippen LogP contribution < -0.4 is 0 Å². The molecule has 1 fully saturated rings. The van der Waals surface area contributed by atoms with Gasteiger partial charge in [-0.1, -0.05) is 31.2 Å². The molecule has 0 radical (unpaired) electrons. The van der Waals surface area contributed by atoms with Gasteiger partial charge in [0.05, 0.1) is 25.7 Å². The summed E-state index contributed by atoms with van der Waals surface area (Å²) in [5.74, 6) is -1.21. The number of ether oxygens (including phenoxy) is 2. The number of hydrogen-bond donors (Lipinski definition) is 1. The van der Waals surface area contributed by atoms with Gasteiger partial charge in [0.25, 0.3) is 0 Å². The molecule has 0 aliphatic carbocycles. The van der Waals surface area contributed by atoms with Crippen molar-refractivity contribution in [1.82, 2.24) is 4.90 Å². The molecule has 0 bridgehead atoms. The van der Waals surface area contributed by atoms with Crippen LogP contribution in [0.5, 0.6) is 0 Å². The number of likely N-dealkylation sites (N-methyl/N-ethyl adjacent to an activating group) is 1. The highest BCUT2D eigenvalue weighted by Gasteiger charge is 2.37. The maximum Gasteiger partial charge on any atom is 0.310 e. The van der Waals surface area contributed by atoms with Crippen molar-refractivity contribution >= 4 is 5.97 Å². The van der Waals surface area contributed by atoms with Crippen molar-refractivity contribution in [3.8, 4) is 0 Å². The largest absolute Gasteiger partial charge is 0.481 e. The third-order valence-corrected chi connectivity index (χ3v) is 3.93. The Morgan fingerprint density at radius 2 is 2.19 bits per heavy atom. The van der Waals surface area contributed by atoms with E-state index in [1.807, 2.05) is 12.1 Å². The zero-order chi connectivity index (χ0) is 15.2. The van der Waals surface area contributed by atoms with Crippen LogP contribution in [0.2, 0.25) is 0 Å². The molecule has 1 aliphatic rings. The Balaban J connectivity index is 2.08. The average Bonchev–Trinajstić information content (AvgIpc) is 2.95. The van der Waals surface area contributed by atoms with Gasteiger partial charge in [-0.05, 0) is 17.7 Å². The second-order valence-corrected chi connectivity index (χ2v) is 5.37. The van der Waals surface area contributed by atoms with Gasteiger partial charge in [0.2, 0.25) is 0 Å². The van der Waals surface area contributed by atoms with Gasteiger partial charge in [0, 0.05) is 19.7 Å². The molecule has 1 saturated heterocycles. The predicted octanol–water partition coefficient (Wildman–Crippen LogP) is 1.75. The third kappa shape index (κ3) is 4.03. The van der Waals surface area contributed by atoms with Crippen molar-refractivity contribution in [2.75, 3.05) is 26.9 Å². The minimum absolute atomic E-state index is 0.0569. The summed E-state index contributed by atoms with van der Waals surface area (Å²) in [7, 11) is 1.68. The number of carboxylic acid groups (broad SMARTS) is 1. The number of rotatable bonds is 7. The first-order valence-corrected chi connectivity index (χ1v) is 7.27. The SMILES string of the molecule is CCN(Cc1cccc(COC)c1)C1COCC1C(=O)O. The molecule has 1 aromatic rings. The summed E-state index contributed by atoms with van der Waals surface area (Å²) >= 11 is 0. The van der Waals surface area contributed by atoms with Crippen LogP contribution in [0.1, 0.15) is 18.1 Å². The fraction of sp³-hybridized carbons (Fsp3) is 0.562. The first-order chi connectivity index (χ1) is 10.2. The molecule has 0 amide bonds. The molecule has 1 aromatic carbocycles. The summed E-state index contributed by atoms with van der Waals surface area (Å²) in [6, 6.07) is 8.16. The maximum absolute atomic E-state index is 11.3. The van der Waals surface area contributed by atoms with E-state index in [-0.39, 0.29) is 6.04 Å². The molecule has 1 heterocycles. The first kappa shape index (κ1) is 15.9. The Morgan fingerprint density at radius 3 is 2.86 bits per heavy atom. The molecule has 5 nitrogen and oxygen atoms in total. The van der Waals surface area contributed by atoms with Crippen LogP contribution in [0.15, 0.2) is 24.3 Å². The molecule has 0 aromatic heterocycles. The number of hydrogen-bond acceptors (Lipinski definition) is 4. The smallest absolute Gasteiger partial charge is 0.310 e. The van der Waals surface area contributed by atoms with Gasteiger partial charge in [-0.15, -0.1) is 0 Å². The molecular formula is C16H23NO4. The summed E-state index contributed by atoms with van der Waals surface area (Å²) in [6.07, 6.45) is 0. The van der Waals surface area contributed by atoms with Crippen LogP contribution in [0.25, 0.3) is 0 Å². The molecule has 1 aliphatic heterocycles. The molecule has 1 N–H and O–H groups in total. The molecule has 2 unspecified atom stereocenters. The average molecular weight is 293 g/mol. The summed E-state index contributed by atoms with van der Waals surface area (Å²) in [5, 5.41) is 9.29. The summed E-state index contributed by atoms with van der Waals surface area (Å²) < 4.78 is 10.5. The lowest BCUT2D eigenvalue weighted by Gasteiger charge is -2.29. The van der Waals surface area contributed by atoms with E-state index in [9.17, 15) is 9.90 Å². The maximum atomic E-state index is 11.3. The molecule has 0 saturated carbocycles. The van der Waals surface area contributed by atoms with Crippen molar-refractivity contribution < 1.29 is 19.4 Å². The molecule has 21 heavy (non-hydrogen) atoms. The molecule has 116 valence electrons. The van der Waals surface area contributed by atoms with Crippen molar-refractivity contribution in [3.05, 3.63) is 35.4 Å². The van der Waals surface area contributed by atoms with Crippen LogP contribution in [0, 0.1) is 5.92 Å². The van der Waals surface area contributed by atoms with Gasteiger partial charge in [-0.25, -0.2) is 0 Å². The minimum atomic E-state index is -0.774. The fourth-order valence-corrected chi connectivity index (χ4v) is 2.82. The zero-order valence-corrected chi connectivity index (χ0v) is 12.6. The quantitative estimate of drug-likeness (QED) is 0.830. The predicted molar refractivity (Wildman–Crippen MR) is 79.0 cm³/mol. The van der Waals surface area contributed by atoms with Gasteiger partial charge < -0.3 is 14.6 Å². The lowest BCUT2D eigenvalue weighted by Crippen LogP contribution is -2.42. The number of nitrogens with zero attached hydrogens (tertiary/aromatic N) is 1. The van der Waals surface area contributed by atoms with E-state index in [0.29, 0.717) is 19.8 Å². The van der Waals surface area contributed by atoms with E-state index in [1.54, 1.807) is 7.11 Å². The number of carbonyl (C=O) groups is 1. The van der Waals surface area contributed by atoms with Gasteiger partial charge in [0.1, 0.15) is 0 Å². The third-order valence-electron chi connectivity index (χ3n) is 3.93. The lowest BCUT2D eigenvalue weighted by atomic mass is 10.0. The number of aliphatic carboxylic acids is 1. The Labute approximate surface area is 125 Å². The Bertz CT molecular complexity index is 477. The molecule has 0 spiro atoms. The topological polar surface area (TPSA) is 59.0 Å². The van der Waals surface area contributed by atoms with Crippen LogP contribution in [-0.2, 0) is 27.4 Å². The summed E-state index contributed by atoms with van der Waals surface area (Å²) in [4.78, 5) is 13.5. The van der Waals surface area contributed by atoms with E-state index in [1.165, 1.54) is 5.56 Å². The Hall–Kier alpha value is -1.43. The molecule has 2 rings (SSSR count). The highest BCUT2D eigenvalue weighted by atomic mass is 16.5. The lowest BCUT2D eigenvalue weighted by molar-refractivity contribution is -0.143. The Kier molecular flexibility index (Phi) is 5.73. The standard InChI is InChI=1S/C16H23NO4/c1-3-17(15-11-21-10-14(15)16(18)19)8-12-5-4-6-13(7-12)9-20-2/h4-7,14-15H,3,8-11H2,1-2H3,(H,18,19). The van der Waals surface area contributed by atoms with E-state index in [2.05, 4.69) is 24.0 Å². The van der Waals surface area contributed by atoms with Crippen molar-refractivity contribution in [1.29, 1.82) is 0 Å². The highest BCUT2D eigenvalue weighted by molar-refractivity contribution is 5.71. The van der Waals surface area contributed by atoms with Gasteiger partial charge >= 0.3 is 5.97 Å². The normalized spacial score (nSPS) is 21.9. The molecule has 2 atom stereocenters. The van der Waals surface area contributed by atoms with Crippen LogP contribution in [0.3, 0.4) is 0 Å². The number of benzene rings is 1. The van der Waals surface area contributed by atoms with Gasteiger partial charge in [-0.2, -0.15) is 0 Å². The zero-order valence-electron chi connectivity index (χ0n) is 12.6. The van der Waals surface area contributed by atoms with Gasteiger partial charge in [0.15, 0.2) is 0 Å². The van der Waals surface area contributed by atoms with Crippen LogP contribution in [-0.4, -0.2) is 48.9 Å². The van der Waals surface area contributed by atoms with E-state index in [0.717, 1.165) is 18.7 Å². The molecular weight excluding hydrogens is 270 g/mol. The molecule has 5 heteroatoms.